The SMILES string of the molecule is CCC(c1ccc(CCC2CC(C)C(CC)C2C(=O)CC=O)cc1)C1CCC2C(=O)CC(=O)C21. The smallest absolute Gasteiger partial charge is 0.144 e. The largest absolute Gasteiger partial charge is 0.303 e. The van der Waals surface area contributed by atoms with Gasteiger partial charge in [-0.3, -0.25) is 14.4 Å². The van der Waals surface area contributed by atoms with Gasteiger partial charge in [-0.15, -0.1) is 0 Å². The summed E-state index contributed by atoms with van der Waals surface area (Å²) in [4.78, 5) is 48.4. The first-order chi connectivity index (χ1) is 16.4. The molecular weight excluding hydrogens is 424 g/mol. The fraction of sp³-hybridized carbons (Fsp3) is 0.667. The number of carbonyl (C=O) groups is 4. The van der Waals surface area contributed by atoms with Crippen LogP contribution >= 0.6 is 0 Å². The lowest BCUT2D eigenvalue weighted by molar-refractivity contribution is -0.128. The van der Waals surface area contributed by atoms with E-state index >= 15 is 0 Å². The lowest BCUT2D eigenvalue weighted by atomic mass is 9.76. The van der Waals surface area contributed by atoms with E-state index in [1.54, 1.807) is 0 Å². The fourth-order valence-corrected chi connectivity index (χ4v) is 7.97. The van der Waals surface area contributed by atoms with Crippen LogP contribution in [0.1, 0.15) is 89.2 Å². The lowest BCUT2D eigenvalue weighted by Crippen LogP contribution is -2.26. The minimum atomic E-state index is -0.0613. The van der Waals surface area contributed by atoms with E-state index in [0.29, 0.717) is 23.7 Å². The molecule has 8 atom stereocenters. The maximum Gasteiger partial charge on any atom is 0.144 e. The molecular formula is C30H40O4. The van der Waals surface area contributed by atoms with Crippen molar-refractivity contribution in [3.8, 4) is 0 Å². The molecule has 0 heterocycles. The van der Waals surface area contributed by atoms with Crippen LogP contribution in [0.2, 0.25) is 0 Å². The van der Waals surface area contributed by atoms with Gasteiger partial charge in [-0.1, -0.05) is 51.5 Å². The van der Waals surface area contributed by atoms with Crippen LogP contribution < -0.4 is 0 Å². The summed E-state index contributed by atoms with van der Waals surface area (Å²) >= 11 is 0. The molecule has 3 saturated carbocycles. The molecule has 4 heteroatoms. The Kier molecular flexibility index (Phi) is 7.84. The van der Waals surface area contributed by atoms with Crippen molar-refractivity contribution < 1.29 is 19.2 Å². The van der Waals surface area contributed by atoms with Gasteiger partial charge >= 0.3 is 0 Å². The number of benzene rings is 1. The Morgan fingerprint density at radius 3 is 2.47 bits per heavy atom. The zero-order valence-electron chi connectivity index (χ0n) is 21.0. The molecule has 0 aliphatic heterocycles. The van der Waals surface area contributed by atoms with Crippen LogP contribution in [0.4, 0.5) is 0 Å². The first-order valence-corrected chi connectivity index (χ1v) is 13.5. The van der Waals surface area contributed by atoms with Crippen LogP contribution in [-0.4, -0.2) is 23.6 Å². The highest BCUT2D eigenvalue weighted by molar-refractivity contribution is 6.09. The zero-order valence-corrected chi connectivity index (χ0v) is 21.0. The van der Waals surface area contributed by atoms with E-state index in [2.05, 4.69) is 45.0 Å². The van der Waals surface area contributed by atoms with Crippen LogP contribution in [0.25, 0.3) is 0 Å². The summed E-state index contributed by atoms with van der Waals surface area (Å²) < 4.78 is 0. The van der Waals surface area contributed by atoms with Crippen LogP contribution in [0.3, 0.4) is 0 Å². The molecule has 0 N–H and O–H groups in total. The third-order valence-electron chi connectivity index (χ3n) is 9.51. The molecule has 0 radical (unpaired) electrons. The van der Waals surface area contributed by atoms with Gasteiger partial charge < -0.3 is 4.79 Å². The quantitative estimate of drug-likeness (QED) is 0.326. The monoisotopic (exact) mass is 464 g/mol. The van der Waals surface area contributed by atoms with Crippen molar-refractivity contribution in [1.29, 1.82) is 0 Å². The molecule has 0 amide bonds. The van der Waals surface area contributed by atoms with E-state index < -0.39 is 0 Å². The lowest BCUT2D eigenvalue weighted by Gasteiger charge is -2.27. The summed E-state index contributed by atoms with van der Waals surface area (Å²) in [5.41, 5.74) is 2.56. The summed E-state index contributed by atoms with van der Waals surface area (Å²) in [6.07, 6.45) is 7.78. The van der Waals surface area contributed by atoms with Gasteiger partial charge in [-0.05, 0) is 79.2 Å². The highest BCUT2D eigenvalue weighted by atomic mass is 16.2. The molecule has 8 unspecified atom stereocenters. The van der Waals surface area contributed by atoms with Crippen LogP contribution in [0.5, 0.6) is 0 Å². The molecule has 4 nitrogen and oxygen atoms in total. The van der Waals surface area contributed by atoms with E-state index in [0.717, 1.165) is 51.2 Å². The van der Waals surface area contributed by atoms with E-state index in [9.17, 15) is 19.2 Å². The maximum absolute atomic E-state index is 12.7. The zero-order chi connectivity index (χ0) is 24.4. The van der Waals surface area contributed by atoms with Gasteiger partial charge in [-0.25, -0.2) is 0 Å². The third-order valence-corrected chi connectivity index (χ3v) is 9.51. The Morgan fingerprint density at radius 1 is 1.09 bits per heavy atom. The average Bonchev–Trinajstić information content (AvgIpc) is 3.48. The molecule has 0 saturated heterocycles. The van der Waals surface area contributed by atoms with Gasteiger partial charge in [0.2, 0.25) is 0 Å². The second-order valence-electron chi connectivity index (χ2n) is 11.2. The first-order valence-electron chi connectivity index (χ1n) is 13.5. The number of fused-ring (bicyclic) bond motifs is 1. The maximum atomic E-state index is 12.7. The summed E-state index contributed by atoms with van der Waals surface area (Å²) in [6.45, 7) is 6.61. The average molecular weight is 465 g/mol. The number of hydrogen-bond acceptors (Lipinski definition) is 4. The minimum absolute atomic E-state index is 0.0240. The number of hydrogen-bond donors (Lipinski definition) is 0. The highest BCUT2D eigenvalue weighted by Gasteiger charge is 2.51. The summed E-state index contributed by atoms with van der Waals surface area (Å²) in [5.74, 6) is 2.30. The van der Waals surface area contributed by atoms with Crippen molar-refractivity contribution in [2.24, 2.45) is 41.4 Å². The number of Topliss-reactive ketones (excluding diaryl/α,β-unsaturated/α-hetero) is 3. The molecule has 34 heavy (non-hydrogen) atoms. The molecule has 184 valence electrons. The third kappa shape index (κ3) is 4.70. The predicted octanol–water partition coefficient (Wildman–Crippen LogP) is 5.75. The Bertz CT molecular complexity index is 916. The van der Waals surface area contributed by atoms with Gasteiger partial charge in [0.1, 0.15) is 23.6 Å². The Labute approximate surface area is 204 Å². The van der Waals surface area contributed by atoms with Crippen molar-refractivity contribution in [3.63, 3.8) is 0 Å². The minimum Gasteiger partial charge on any atom is -0.303 e. The topological polar surface area (TPSA) is 68.3 Å². The number of carbonyl (C=O) groups excluding carboxylic acids is 4. The molecule has 3 aliphatic carbocycles. The first kappa shape index (κ1) is 25.0. The molecule has 1 aromatic carbocycles. The summed E-state index contributed by atoms with van der Waals surface area (Å²) in [6, 6.07) is 8.87. The molecule has 4 rings (SSSR count). The van der Waals surface area contributed by atoms with E-state index in [1.807, 2.05) is 0 Å². The van der Waals surface area contributed by atoms with Crippen LogP contribution in [0.15, 0.2) is 24.3 Å². The van der Waals surface area contributed by atoms with Gasteiger partial charge in [0.05, 0.1) is 12.8 Å². The number of aryl methyl sites for hydroxylation is 1. The van der Waals surface area contributed by atoms with Gasteiger partial charge in [0.15, 0.2) is 0 Å². The standard InChI is InChI=1S/C30H40O4/c1-4-22-18(3)16-21(29(22)26(32)14-15-31)11-8-19-6-9-20(10-7-19)23(5-2)24-12-13-25-27(33)17-28(34)30(24)25/h6-7,9-10,15,18,21-25,29-30H,4-5,8,11-14,16-17H2,1-3H3. The second-order valence-corrected chi connectivity index (χ2v) is 11.2. The van der Waals surface area contributed by atoms with E-state index in [-0.39, 0.29) is 53.9 Å². The number of ketones is 3. The number of aldehydes is 1. The van der Waals surface area contributed by atoms with Gasteiger partial charge in [0, 0.05) is 17.8 Å². The molecule has 1 aromatic rings. The van der Waals surface area contributed by atoms with Crippen molar-refractivity contribution >= 4 is 23.6 Å². The second kappa shape index (κ2) is 10.7. The number of rotatable bonds is 10. The molecule has 3 fully saturated rings. The van der Waals surface area contributed by atoms with E-state index in [4.69, 9.17) is 0 Å². The van der Waals surface area contributed by atoms with E-state index in [1.165, 1.54) is 11.1 Å². The van der Waals surface area contributed by atoms with Gasteiger partial charge in [0.25, 0.3) is 0 Å². The summed E-state index contributed by atoms with van der Waals surface area (Å²) in [5, 5.41) is 0. The molecule has 0 bridgehead atoms. The fourth-order valence-electron chi connectivity index (χ4n) is 7.97. The van der Waals surface area contributed by atoms with Crippen molar-refractivity contribution in [2.75, 3.05) is 0 Å². The Hall–Kier alpha value is -2.10. The van der Waals surface area contributed by atoms with Crippen LogP contribution in [0, 0.1) is 41.4 Å². The van der Waals surface area contributed by atoms with Crippen molar-refractivity contribution in [2.45, 2.75) is 84.5 Å². The Balaban J connectivity index is 1.41. The van der Waals surface area contributed by atoms with Crippen LogP contribution in [-0.2, 0) is 25.6 Å². The predicted molar refractivity (Wildman–Crippen MR) is 132 cm³/mol. The highest BCUT2D eigenvalue weighted by Crippen LogP contribution is 2.50. The Morgan fingerprint density at radius 2 is 1.82 bits per heavy atom. The van der Waals surface area contributed by atoms with Gasteiger partial charge in [-0.2, -0.15) is 0 Å². The van der Waals surface area contributed by atoms with Crippen molar-refractivity contribution in [3.05, 3.63) is 35.4 Å². The van der Waals surface area contributed by atoms with Crippen molar-refractivity contribution in [1.82, 2.24) is 0 Å². The normalized spacial score (nSPS) is 33.8. The molecule has 3 aliphatic rings. The molecule has 0 spiro atoms. The molecule has 0 aromatic heterocycles. The summed E-state index contributed by atoms with van der Waals surface area (Å²) in [7, 11) is 0.